The fraction of sp³-hybridized carbons (Fsp3) is 0.200. The van der Waals surface area contributed by atoms with E-state index in [1.54, 1.807) is 44.2 Å². The van der Waals surface area contributed by atoms with Crippen molar-refractivity contribution in [3.8, 4) is 0 Å². The van der Waals surface area contributed by atoms with Crippen LogP contribution in [-0.2, 0) is 10.0 Å². The van der Waals surface area contributed by atoms with Crippen LogP contribution in [0.2, 0.25) is 0 Å². The largest absolute Gasteiger partial charge is 0.398 e. The fourth-order valence-electron chi connectivity index (χ4n) is 2.07. The molecule has 21 heavy (non-hydrogen) atoms. The molecule has 2 aromatic carbocycles. The van der Waals surface area contributed by atoms with E-state index in [1.165, 1.54) is 6.07 Å². The van der Waals surface area contributed by atoms with E-state index in [9.17, 15) is 12.8 Å². The summed E-state index contributed by atoms with van der Waals surface area (Å²) in [7, 11) is -4.00. The Balaban J connectivity index is 2.58. The Hall–Kier alpha value is -2.08. The molecular weight excluding hydrogens is 291 g/mol. The minimum Gasteiger partial charge on any atom is -0.398 e. The van der Waals surface area contributed by atoms with E-state index in [-0.39, 0.29) is 12.2 Å². The number of hydrogen-bond donors (Lipinski definition) is 1. The van der Waals surface area contributed by atoms with Crippen LogP contribution in [0.3, 0.4) is 0 Å². The van der Waals surface area contributed by atoms with Gasteiger partial charge in [0.15, 0.2) is 0 Å². The van der Waals surface area contributed by atoms with Gasteiger partial charge in [-0.05, 0) is 43.7 Å². The van der Waals surface area contributed by atoms with Gasteiger partial charge in [-0.1, -0.05) is 18.2 Å². The average Bonchev–Trinajstić information content (AvgIpc) is 2.44. The standard InChI is InChI=1S/C15H17FN2O2S/c1-3-18(12-7-5-4-6-8-12)21(19,20)15-10-14(17)11(2)9-13(15)16/h4-10H,3,17H2,1-2H3. The molecule has 0 heterocycles. The van der Waals surface area contributed by atoms with Crippen molar-refractivity contribution >= 4 is 21.4 Å². The molecule has 0 aliphatic heterocycles. The molecule has 0 saturated carbocycles. The Morgan fingerprint density at radius 2 is 1.81 bits per heavy atom. The zero-order valence-corrected chi connectivity index (χ0v) is 12.7. The van der Waals surface area contributed by atoms with Crippen LogP contribution in [0, 0.1) is 12.7 Å². The number of sulfonamides is 1. The second-order valence-corrected chi connectivity index (χ2v) is 6.48. The normalized spacial score (nSPS) is 11.4. The Kier molecular flexibility index (Phi) is 4.18. The second-order valence-electron chi connectivity index (χ2n) is 4.64. The van der Waals surface area contributed by atoms with Gasteiger partial charge < -0.3 is 5.73 Å². The monoisotopic (exact) mass is 308 g/mol. The Morgan fingerprint density at radius 1 is 1.19 bits per heavy atom. The van der Waals surface area contributed by atoms with E-state index >= 15 is 0 Å². The van der Waals surface area contributed by atoms with Gasteiger partial charge in [0.25, 0.3) is 10.0 Å². The number of hydrogen-bond acceptors (Lipinski definition) is 3. The molecule has 0 saturated heterocycles. The van der Waals surface area contributed by atoms with Gasteiger partial charge in [0.1, 0.15) is 10.7 Å². The number of halogens is 1. The van der Waals surface area contributed by atoms with Crippen molar-refractivity contribution in [3.05, 3.63) is 53.8 Å². The van der Waals surface area contributed by atoms with Gasteiger partial charge in [-0.3, -0.25) is 4.31 Å². The highest BCUT2D eigenvalue weighted by atomic mass is 32.2. The van der Waals surface area contributed by atoms with Gasteiger partial charge in [-0.2, -0.15) is 0 Å². The van der Waals surface area contributed by atoms with Gasteiger partial charge in [0.2, 0.25) is 0 Å². The predicted octanol–water partition coefficient (Wildman–Crippen LogP) is 2.93. The summed E-state index contributed by atoms with van der Waals surface area (Å²) in [6.07, 6.45) is 0. The molecule has 4 nitrogen and oxygen atoms in total. The summed E-state index contributed by atoms with van der Waals surface area (Å²) in [6, 6.07) is 10.9. The summed E-state index contributed by atoms with van der Waals surface area (Å²) in [5.74, 6) is -0.795. The third kappa shape index (κ3) is 2.85. The van der Waals surface area contributed by atoms with Crippen LogP contribution in [0.25, 0.3) is 0 Å². The molecule has 2 aromatic rings. The molecule has 0 aliphatic rings. The molecule has 2 N–H and O–H groups in total. The highest BCUT2D eigenvalue weighted by Crippen LogP contribution is 2.27. The molecule has 0 bridgehead atoms. The lowest BCUT2D eigenvalue weighted by Crippen LogP contribution is -2.31. The Morgan fingerprint density at radius 3 is 2.38 bits per heavy atom. The number of para-hydroxylation sites is 1. The average molecular weight is 308 g/mol. The van der Waals surface area contributed by atoms with Gasteiger partial charge in [-0.15, -0.1) is 0 Å². The molecule has 0 amide bonds. The van der Waals surface area contributed by atoms with E-state index in [4.69, 9.17) is 5.73 Å². The van der Waals surface area contributed by atoms with Crippen LogP contribution >= 0.6 is 0 Å². The summed E-state index contributed by atoms with van der Waals surface area (Å²) < 4.78 is 40.6. The van der Waals surface area contributed by atoms with Gasteiger partial charge in [-0.25, -0.2) is 12.8 Å². The SMILES string of the molecule is CCN(c1ccccc1)S(=O)(=O)c1cc(N)c(C)cc1F. The quantitative estimate of drug-likeness (QED) is 0.883. The molecule has 0 spiro atoms. The van der Waals surface area contributed by atoms with E-state index in [0.29, 0.717) is 11.3 Å². The van der Waals surface area contributed by atoms with Crippen LogP contribution in [0.4, 0.5) is 15.8 Å². The first-order valence-electron chi connectivity index (χ1n) is 6.51. The number of rotatable bonds is 4. The number of nitrogens with two attached hydrogens (primary N) is 1. The lowest BCUT2D eigenvalue weighted by Gasteiger charge is -2.23. The first-order valence-corrected chi connectivity index (χ1v) is 7.95. The van der Waals surface area contributed by atoms with Crippen LogP contribution in [0.1, 0.15) is 12.5 Å². The molecule has 6 heteroatoms. The molecule has 2 rings (SSSR count). The first-order chi connectivity index (χ1) is 9.87. The van der Waals surface area contributed by atoms with Crippen LogP contribution in [-0.4, -0.2) is 15.0 Å². The summed E-state index contributed by atoms with van der Waals surface area (Å²) in [5.41, 5.74) is 6.96. The van der Waals surface area contributed by atoms with Crippen molar-refractivity contribution < 1.29 is 12.8 Å². The van der Waals surface area contributed by atoms with E-state index in [2.05, 4.69) is 0 Å². The third-order valence-corrected chi connectivity index (χ3v) is 5.14. The van der Waals surface area contributed by atoms with Gasteiger partial charge >= 0.3 is 0 Å². The number of anilines is 2. The summed E-state index contributed by atoms with van der Waals surface area (Å²) in [4.78, 5) is -0.406. The van der Waals surface area contributed by atoms with Crippen molar-refractivity contribution in [2.75, 3.05) is 16.6 Å². The lowest BCUT2D eigenvalue weighted by atomic mass is 10.2. The second kappa shape index (κ2) is 5.73. The van der Waals surface area contributed by atoms with Crippen molar-refractivity contribution in [2.45, 2.75) is 18.7 Å². The van der Waals surface area contributed by atoms with E-state index in [1.807, 2.05) is 0 Å². The van der Waals surface area contributed by atoms with Gasteiger partial charge in [0.05, 0.1) is 5.69 Å². The molecular formula is C15H17FN2O2S. The van der Waals surface area contributed by atoms with Crippen molar-refractivity contribution in [1.29, 1.82) is 0 Å². The van der Waals surface area contributed by atoms with E-state index < -0.39 is 20.7 Å². The smallest absolute Gasteiger partial charge is 0.267 e. The zero-order valence-electron chi connectivity index (χ0n) is 11.9. The zero-order chi connectivity index (χ0) is 15.6. The highest BCUT2D eigenvalue weighted by Gasteiger charge is 2.27. The topological polar surface area (TPSA) is 63.4 Å². The van der Waals surface area contributed by atoms with Crippen LogP contribution in [0.5, 0.6) is 0 Å². The fourth-order valence-corrected chi connectivity index (χ4v) is 3.63. The summed E-state index contributed by atoms with van der Waals surface area (Å²) in [5, 5.41) is 0. The number of nitrogens with zero attached hydrogens (tertiary/aromatic N) is 1. The third-order valence-electron chi connectivity index (χ3n) is 3.22. The minimum absolute atomic E-state index is 0.194. The maximum atomic E-state index is 14.1. The Bertz CT molecular complexity index is 746. The first kappa shape index (κ1) is 15.3. The maximum Gasteiger partial charge on any atom is 0.267 e. The van der Waals surface area contributed by atoms with Crippen molar-refractivity contribution in [1.82, 2.24) is 0 Å². The molecule has 0 radical (unpaired) electrons. The summed E-state index contributed by atoms with van der Waals surface area (Å²) >= 11 is 0. The van der Waals surface area contributed by atoms with E-state index in [0.717, 1.165) is 10.4 Å². The molecule has 0 aromatic heterocycles. The maximum absolute atomic E-state index is 14.1. The summed E-state index contributed by atoms with van der Waals surface area (Å²) in [6.45, 7) is 3.52. The van der Waals surface area contributed by atoms with Crippen LogP contribution < -0.4 is 10.0 Å². The number of benzene rings is 2. The minimum atomic E-state index is -4.00. The molecule has 0 atom stereocenters. The number of nitrogen functional groups attached to an aromatic ring is 1. The molecule has 0 unspecified atom stereocenters. The van der Waals surface area contributed by atoms with Gasteiger partial charge in [0, 0.05) is 12.2 Å². The van der Waals surface area contributed by atoms with Crippen molar-refractivity contribution in [2.24, 2.45) is 0 Å². The molecule has 0 aliphatic carbocycles. The predicted molar refractivity (Wildman–Crippen MR) is 82.2 cm³/mol. The highest BCUT2D eigenvalue weighted by molar-refractivity contribution is 7.92. The van der Waals surface area contributed by atoms with Crippen molar-refractivity contribution in [3.63, 3.8) is 0 Å². The lowest BCUT2D eigenvalue weighted by molar-refractivity contribution is 0.564. The molecule has 0 fully saturated rings. The molecule has 112 valence electrons. The van der Waals surface area contributed by atoms with Crippen LogP contribution in [0.15, 0.2) is 47.4 Å². The number of aryl methyl sites for hydroxylation is 1. The Labute approximate surface area is 124 Å².